The second-order valence-corrected chi connectivity index (χ2v) is 5.65. The first-order chi connectivity index (χ1) is 10.2. The minimum atomic E-state index is 0.424. The number of nitrogens with two attached hydrogens (primary N) is 1. The van der Waals surface area contributed by atoms with Crippen LogP contribution in [0.3, 0.4) is 0 Å². The van der Waals surface area contributed by atoms with Crippen LogP contribution in [0, 0.1) is 6.92 Å². The Bertz CT molecular complexity index is 684. The molecule has 0 saturated heterocycles. The van der Waals surface area contributed by atoms with Crippen LogP contribution in [0.15, 0.2) is 42.5 Å². The Morgan fingerprint density at radius 2 is 2.00 bits per heavy atom. The molecule has 0 aliphatic carbocycles. The Labute approximate surface area is 130 Å². The second-order valence-electron chi connectivity index (χ2n) is 5.21. The molecule has 1 aliphatic rings. The molecule has 0 atom stereocenters. The van der Waals surface area contributed by atoms with Crippen molar-refractivity contribution in [1.82, 2.24) is 0 Å². The Kier molecular flexibility index (Phi) is 3.80. The largest absolute Gasteiger partial charge is 0.491 e. The van der Waals surface area contributed by atoms with E-state index in [2.05, 4.69) is 24.0 Å². The van der Waals surface area contributed by atoms with Crippen LogP contribution >= 0.6 is 12.2 Å². The topological polar surface area (TPSA) is 38.5 Å². The minimum absolute atomic E-state index is 0.424. The van der Waals surface area contributed by atoms with Crippen LogP contribution in [-0.2, 0) is 0 Å². The van der Waals surface area contributed by atoms with Gasteiger partial charge in [-0.05, 0) is 43.2 Å². The maximum Gasteiger partial charge on any atom is 0.142 e. The second kappa shape index (κ2) is 5.74. The standard InChI is InChI=1S/C17H18N2OS/c1-12-7-8-13(17(18)21)15(11-12)19-9-4-10-20-16-6-3-2-5-14(16)19/h2-3,5-8,11H,4,9-10H2,1H3,(H2,18,21). The number of aryl methyl sites for hydroxylation is 1. The number of para-hydroxylation sites is 2. The van der Waals surface area contributed by atoms with E-state index >= 15 is 0 Å². The molecule has 2 N–H and O–H groups in total. The van der Waals surface area contributed by atoms with Crippen molar-refractivity contribution in [3.05, 3.63) is 53.6 Å². The fraction of sp³-hybridized carbons (Fsp3) is 0.235. The number of hydrogen-bond donors (Lipinski definition) is 1. The third-order valence-corrected chi connectivity index (χ3v) is 3.87. The van der Waals surface area contributed by atoms with Gasteiger partial charge in [-0.1, -0.05) is 30.4 Å². The first-order valence-electron chi connectivity index (χ1n) is 7.06. The monoisotopic (exact) mass is 298 g/mol. The van der Waals surface area contributed by atoms with Gasteiger partial charge in [0.15, 0.2) is 0 Å². The van der Waals surface area contributed by atoms with E-state index in [9.17, 15) is 0 Å². The molecule has 1 aliphatic heterocycles. The summed E-state index contributed by atoms with van der Waals surface area (Å²) in [6.07, 6.45) is 0.958. The highest BCUT2D eigenvalue weighted by Gasteiger charge is 2.20. The third kappa shape index (κ3) is 2.72. The average Bonchev–Trinajstić information content (AvgIpc) is 2.69. The van der Waals surface area contributed by atoms with Gasteiger partial charge in [-0.3, -0.25) is 0 Å². The van der Waals surface area contributed by atoms with Crippen LogP contribution in [0.4, 0.5) is 11.4 Å². The van der Waals surface area contributed by atoms with Crippen molar-refractivity contribution < 1.29 is 4.74 Å². The number of nitrogens with zero attached hydrogens (tertiary/aromatic N) is 1. The van der Waals surface area contributed by atoms with Crippen molar-refractivity contribution in [2.75, 3.05) is 18.1 Å². The van der Waals surface area contributed by atoms with E-state index in [1.54, 1.807) is 0 Å². The van der Waals surface area contributed by atoms with Crippen molar-refractivity contribution in [3.63, 3.8) is 0 Å². The van der Waals surface area contributed by atoms with Crippen molar-refractivity contribution >= 4 is 28.6 Å². The Morgan fingerprint density at radius 1 is 1.19 bits per heavy atom. The molecule has 0 fully saturated rings. The first-order valence-corrected chi connectivity index (χ1v) is 7.47. The lowest BCUT2D eigenvalue weighted by Crippen LogP contribution is -2.22. The number of hydrogen-bond acceptors (Lipinski definition) is 3. The van der Waals surface area contributed by atoms with Crippen LogP contribution in [0.5, 0.6) is 5.75 Å². The van der Waals surface area contributed by atoms with E-state index in [0.717, 1.165) is 42.3 Å². The highest BCUT2D eigenvalue weighted by molar-refractivity contribution is 7.80. The molecule has 0 unspecified atom stereocenters. The summed E-state index contributed by atoms with van der Waals surface area (Å²) in [5.41, 5.74) is 10.1. The fourth-order valence-electron chi connectivity index (χ4n) is 2.65. The first kappa shape index (κ1) is 13.9. The van der Waals surface area contributed by atoms with Gasteiger partial charge in [0.25, 0.3) is 0 Å². The quantitative estimate of drug-likeness (QED) is 0.861. The zero-order valence-corrected chi connectivity index (χ0v) is 12.8. The van der Waals surface area contributed by atoms with E-state index in [1.807, 2.05) is 30.3 Å². The van der Waals surface area contributed by atoms with Crippen LogP contribution in [0.25, 0.3) is 0 Å². The lowest BCUT2D eigenvalue weighted by molar-refractivity contribution is 0.322. The number of ether oxygens (including phenoxy) is 1. The van der Waals surface area contributed by atoms with Gasteiger partial charge in [-0.25, -0.2) is 0 Å². The van der Waals surface area contributed by atoms with Gasteiger partial charge in [-0.2, -0.15) is 0 Å². The molecule has 0 aromatic heterocycles. The van der Waals surface area contributed by atoms with Crippen molar-refractivity contribution in [2.45, 2.75) is 13.3 Å². The van der Waals surface area contributed by atoms with Gasteiger partial charge in [-0.15, -0.1) is 0 Å². The molecular weight excluding hydrogens is 280 g/mol. The zero-order valence-electron chi connectivity index (χ0n) is 12.0. The van der Waals surface area contributed by atoms with Gasteiger partial charge in [0.1, 0.15) is 10.7 Å². The molecule has 0 amide bonds. The van der Waals surface area contributed by atoms with Crippen molar-refractivity contribution in [3.8, 4) is 5.75 Å². The Morgan fingerprint density at radius 3 is 2.81 bits per heavy atom. The number of fused-ring (bicyclic) bond motifs is 1. The van der Waals surface area contributed by atoms with Gasteiger partial charge >= 0.3 is 0 Å². The van der Waals surface area contributed by atoms with E-state index < -0.39 is 0 Å². The smallest absolute Gasteiger partial charge is 0.142 e. The molecule has 108 valence electrons. The summed E-state index contributed by atoms with van der Waals surface area (Å²) in [6.45, 7) is 3.69. The average molecular weight is 298 g/mol. The van der Waals surface area contributed by atoms with Crippen LogP contribution in [-0.4, -0.2) is 18.1 Å². The summed E-state index contributed by atoms with van der Waals surface area (Å²) in [5.74, 6) is 0.908. The van der Waals surface area contributed by atoms with Gasteiger partial charge in [0.05, 0.1) is 18.0 Å². The molecule has 4 heteroatoms. The Hall–Kier alpha value is -2.07. The molecule has 2 aromatic rings. The van der Waals surface area contributed by atoms with Crippen LogP contribution < -0.4 is 15.4 Å². The molecule has 0 bridgehead atoms. The van der Waals surface area contributed by atoms with E-state index in [1.165, 1.54) is 5.56 Å². The Balaban J connectivity index is 2.16. The molecule has 1 heterocycles. The molecule has 0 saturated carbocycles. The molecule has 0 spiro atoms. The maximum atomic E-state index is 5.90. The maximum absolute atomic E-state index is 5.90. The van der Waals surface area contributed by atoms with Crippen molar-refractivity contribution in [1.29, 1.82) is 0 Å². The van der Waals surface area contributed by atoms with E-state index in [4.69, 9.17) is 22.7 Å². The van der Waals surface area contributed by atoms with Gasteiger partial charge in [0.2, 0.25) is 0 Å². The normalized spacial score (nSPS) is 14.0. The summed E-state index contributed by atoms with van der Waals surface area (Å²) in [6, 6.07) is 14.3. The molecular formula is C17H18N2OS. The summed E-state index contributed by atoms with van der Waals surface area (Å²) in [4.78, 5) is 2.68. The molecule has 3 rings (SSSR count). The number of thiocarbonyl (C=S) groups is 1. The zero-order chi connectivity index (χ0) is 14.8. The van der Waals surface area contributed by atoms with E-state index in [0.29, 0.717) is 4.99 Å². The lowest BCUT2D eigenvalue weighted by Gasteiger charge is -2.26. The summed E-state index contributed by atoms with van der Waals surface area (Å²) >= 11 is 5.21. The molecule has 0 radical (unpaired) electrons. The number of benzene rings is 2. The van der Waals surface area contributed by atoms with Crippen LogP contribution in [0.2, 0.25) is 0 Å². The summed E-state index contributed by atoms with van der Waals surface area (Å²) in [7, 11) is 0. The third-order valence-electron chi connectivity index (χ3n) is 3.65. The minimum Gasteiger partial charge on any atom is -0.491 e. The predicted octanol–water partition coefficient (Wildman–Crippen LogP) is 3.55. The van der Waals surface area contributed by atoms with Crippen molar-refractivity contribution in [2.24, 2.45) is 5.73 Å². The van der Waals surface area contributed by atoms with E-state index in [-0.39, 0.29) is 0 Å². The predicted molar refractivity (Wildman–Crippen MR) is 90.6 cm³/mol. The summed E-state index contributed by atoms with van der Waals surface area (Å²) in [5, 5.41) is 0. The lowest BCUT2D eigenvalue weighted by atomic mass is 10.1. The highest BCUT2D eigenvalue weighted by Crippen LogP contribution is 2.37. The molecule has 2 aromatic carbocycles. The highest BCUT2D eigenvalue weighted by atomic mass is 32.1. The fourth-order valence-corrected chi connectivity index (χ4v) is 2.82. The number of anilines is 2. The summed E-state index contributed by atoms with van der Waals surface area (Å²) < 4.78 is 5.83. The molecule has 21 heavy (non-hydrogen) atoms. The SMILES string of the molecule is Cc1ccc(C(N)=S)c(N2CCCOc3ccccc32)c1. The van der Waals surface area contributed by atoms with Crippen LogP contribution in [0.1, 0.15) is 17.5 Å². The molecule has 3 nitrogen and oxygen atoms in total. The van der Waals surface area contributed by atoms with Gasteiger partial charge in [0, 0.05) is 12.1 Å². The van der Waals surface area contributed by atoms with Gasteiger partial charge < -0.3 is 15.4 Å². The number of rotatable bonds is 2.